The van der Waals surface area contributed by atoms with Gasteiger partial charge in [-0.2, -0.15) is 0 Å². The summed E-state index contributed by atoms with van der Waals surface area (Å²) in [6, 6.07) is 10.2. The molecule has 2 heterocycles. The largest absolute Gasteiger partial charge is 0.310 e. The van der Waals surface area contributed by atoms with Crippen LogP contribution in [0.25, 0.3) is 21.8 Å². The summed E-state index contributed by atoms with van der Waals surface area (Å²) in [4.78, 5) is 36.2. The molecule has 130 valence electrons. The molecule has 0 saturated carbocycles. The zero-order valence-corrected chi connectivity index (χ0v) is 14.9. The Morgan fingerprint density at radius 2 is 1.88 bits per heavy atom. The summed E-state index contributed by atoms with van der Waals surface area (Å²) in [6.07, 6.45) is 1.81. The highest BCUT2D eigenvalue weighted by Crippen LogP contribution is 2.23. The lowest BCUT2D eigenvalue weighted by atomic mass is 10.2. The predicted octanol–water partition coefficient (Wildman–Crippen LogP) is 3.18. The lowest BCUT2D eigenvalue weighted by Crippen LogP contribution is -2.23. The summed E-state index contributed by atoms with van der Waals surface area (Å²) in [5.74, 6) is 0.504. The third-order valence-corrected chi connectivity index (χ3v) is 4.60. The van der Waals surface area contributed by atoms with Crippen molar-refractivity contribution in [1.82, 2.24) is 19.5 Å². The Morgan fingerprint density at radius 1 is 1.08 bits per heavy atom. The van der Waals surface area contributed by atoms with Gasteiger partial charge < -0.3 is 4.98 Å². The van der Waals surface area contributed by atoms with Crippen molar-refractivity contribution in [2.45, 2.75) is 13.0 Å². The Bertz CT molecular complexity index is 1260. The number of para-hydroxylation sites is 1. The Labute approximate surface area is 157 Å². The number of nitrogens with zero attached hydrogens (tertiary/aromatic N) is 3. The molecule has 4 aromatic rings. The van der Waals surface area contributed by atoms with Crippen molar-refractivity contribution in [1.29, 1.82) is 0 Å². The molecule has 0 atom stereocenters. The van der Waals surface area contributed by atoms with Crippen LogP contribution in [0.5, 0.6) is 0 Å². The first kappa shape index (κ1) is 16.8. The highest BCUT2D eigenvalue weighted by Gasteiger charge is 2.10. The van der Waals surface area contributed by atoms with Gasteiger partial charge in [0.2, 0.25) is 0 Å². The number of hydrogen-bond donors (Lipinski definition) is 1. The van der Waals surface area contributed by atoms with E-state index in [9.17, 15) is 9.59 Å². The first-order chi connectivity index (χ1) is 12.5. The lowest BCUT2D eigenvalue weighted by Gasteiger charge is -2.08. The standard InChI is InChI=1S/C18H12Cl2N4O2/c19-10-7-12-16(13(20)8-10)21-9-24(18(12)26)6-5-15-22-14-4-2-1-3-11(14)17(25)23-15/h1-4,7-9H,5-6H2,(H,22,23,25). The van der Waals surface area contributed by atoms with Crippen LogP contribution in [-0.2, 0) is 13.0 Å². The SMILES string of the molecule is O=c1[nH]c(CCn2cnc3c(Cl)cc(Cl)cc3c2=O)nc2ccccc12. The van der Waals surface area contributed by atoms with Gasteiger partial charge in [0.1, 0.15) is 5.82 Å². The maximum Gasteiger partial charge on any atom is 0.261 e. The molecular weight excluding hydrogens is 375 g/mol. The molecule has 4 rings (SSSR count). The summed E-state index contributed by atoms with van der Waals surface area (Å²) >= 11 is 12.1. The maximum atomic E-state index is 12.6. The van der Waals surface area contributed by atoms with Gasteiger partial charge in [0.05, 0.1) is 33.2 Å². The second-order valence-corrected chi connectivity index (χ2v) is 6.65. The van der Waals surface area contributed by atoms with Crippen molar-refractivity contribution in [3.05, 3.63) is 79.3 Å². The molecular formula is C18H12Cl2N4O2. The third-order valence-electron chi connectivity index (χ3n) is 4.10. The fraction of sp³-hybridized carbons (Fsp3) is 0.111. The van der Waals surface area contributed by atoms with Crippen molar-refractivity contribution in [3.8, 4) is 0 Å². The van der Waals surface area contributed by atoms with E-state index in [4.69, 9.17) is 23.2 Å². The zero-order valence-electron chi connectivity index (χ0n) is 13.4. The normalized spacial score (nSPS) is 11.3. The van der Waals surface area contributed by atoms with E-state index in [2.05, 4.69) is 15.0 Å². The van der Waals surface area contributed by atoms with Crippen LogP contribution in [0.1, 0.15) is 5.82 Å². The summed E-state index contributed by atoms with van der Waals surface area (Å²) in [5.41, 5.74) is 0.582. The van der Waals surface area contributed by atoms with Crippen LogP contribution in [0.15, 0.2) is 52.3 Å². The van der Waals surface area contributed by atoms with E-state index in [0.29, 0.717) is 50.6 Å². The Hall–Kier alpha value is -2.70. The van der Waals surface area contributed by atoms with Gasteiger partial charge in [0.15, 0.2) is 0 Å². The van der Waals surface area contributed by atoms with Gasteiger partial charge in [-0.15, -0.1) is 0 Å². The molecule has 0 fully saturated rings. The number of aryl methyl sites for hydroxylation is 2. The van der Waals surface area contributed by atoms with Gasteiger partial charge in [0.25, 0.3) is 11.1 Å². The minimum absolute atomic E-state index is 0.201. The van der Waals surface area contributed by atoms with Crippen molar-refractivity contribution in [3.63, 3.8) is 0 Å². The van der Waals surface area contributed by atoms with Crippen molar-refractivity contribution in [2.75, 3.05) is 0 Å². The zero-order chi connectivity index (χ0) is 18.3. The highest BCUT2D eigenvalue weighted by molar-refractivity contribution is 6.38. The number of fused-ring (bicyclic) bond motifs is 2. The van der Waals surface area contributed by atoms with Gasteiger partial charge in [-0.1, -0.05) is 35.3 Å². The molecule has 0 saturated heterocycles. The molecule has 26 heavy (non-hydrogen) atoms. The van der Waals surface area contributed by atoms with Crippen LogP contribution in [0, 0.1) is 0 Å². The minimum atomic E-state index is -0.248. The maximum absolute atomic E-state index is 12.6. The second kappa shape index (κ2) is 6.55. The quantitative estimate of drug-likeness (QED) is 0.586. The smallest absolute Gasteiger partial charge is 0.261 e. The van der Waals surface area contributed by atoms with Crippen LogP contribution in [0.3, 0.4) is 0 Å². The molecule has 0 radical (unpaired) electrons. The second-order valence-electron chi connectivity index (χ2n) is 5.81. The van der Waals surface area contributed by atoms with E-state index < -0.39 is 0 Å². The van der Waals surface area contributed by atoms with E-state index in [0.717, 1.165) is 0 Å². The van der Waals surface area contributed by atoms with Crippen LogP contribution >= 0.6 is 23.2 Å². The topological polar surface area (TPSA) is 80.6 Å². The van der Waals surface area contributed by atoms with E-state index >= 15 is 0 Å². The van der Waals surface area contributed by atoms with Crippen LogP contribution < -0.4 is 11.1 Å². The van der Waals surface area contributed by atoms with Crippen molar-refractivity contribution >= 4 is 45.0 Å². The lowest BCUT2D eigenvalue weighted by molar-refractivity contribution is 0.643. The number of aromatic amines is 1. The molecule has 2 aromatic heterocycles. The van der Waals surface area contributed by atoms with E-state index in [-0.39, 0.29) is 11.1 Å². The fourth-order valence-electron chi connectivity index (χ4n) is 2.83. The number of hydrogen-bond acceptors (Lipinski definition) is 4. The average molecular weight is 387 g/mol. The predicted molar refractivity (Wildman–Crippen MR) is 102 cm³/mol. The molecule has 0 unspecified atom stereocenters. The summed E-state index contributed by atoms with van der Waals surface area (Å²) in [5, 5.41) is 1.59. The number of benzene rings is 2. The summed E-state index contributed by atoms with van der Waals surface area (Å²) < 4.78 is 1.45. The molecule has 1 N–H and O–H groups in total. The number of H-pyrrole nitrogens is 1. The monoisotopic (exact) mass is 386 g/mol. The molecule has 0 aliphatic rings. The Morgan fingerprint density at radius 3 is 2.73 bits per heavy atom. The van der Waals surface area contributed by atoms with Gasteiger partial charge in [-0.05, 0) is 24.3 Å². The van der Waals surface area contributed by atoms with Crippen LogP contribution in [0.2, 0.25) is 10.0 Å². The highest BCUT2D eigenvalue weighted by atomic mass is 35.5. The molecule has 0 bridgehead atoms. The van der Waals surface area contributed by atoms with Crippen molar-refractivity contribution < 1.29 is 0 Å². The third kappa shape index (κ3) is 2.98. The molecule has 8 heteroatoms. The minimum Gasteiger partial charge on any atom is -0.310 e. The first-order valence-electron chi connectivity index (χ1n) is 7.85. The van der Waals surface area contributed by atoms with Gasteiger partial charge >= 0.3 is 0 Å². The van der Waals surface area contributed by atoms with Crippen LogP contribution in [-0.4, -0.2) is 19.5 Å². The first-order valence-corrected chi connectivity index (χ1v) is 8.60. The molecule has 0 aliphatic carbocycles. The number of halogens is 2. The van der Waals surface area contributed by atoms with E-state index in [1.54, 1.807) is 30.3 Å². The summed E-state index contributed by atoms with van der Waals surface area (Å²) in [7, 11) is 0. The number of nitrogens with one attached hydrogen (secondary N) is 1. The Kier molecular flexibility index (Phi) is 4.22. The van der Waals surface area contributed by atoms with Crippen molar-refractivity contribution in [2.24, 2.45) is 0 Å². The molecule has 0 amide bonds. The van der Waals surface area contributed by atoms with Gasteiger partial charge in [-0.3, -0.25) is 14.2 Å². The average Bonchev–Trinajstić information content (AvgIpc) is 2.62. The fourth-order valence-corrected chi connectivity index (χ4v) is 3.38. The molecule has 2 aromatic carbocycles. The van der Waals surface area contributed by atoms with Crippen LogP contribution in [0.4, 0.5) is 0 Å². The molecule has 6 nitrogen and oxygen atoms in total. The van der Waals surface area contributed by atoms with Gasteiger partial charge in [-0.25, -0.2) is 9.97 Å². The van der Waals surface area contributed by atoms with E-state index in [1.807, 2.05) is 6.07 Å². The van der Waals surface area contributed by atoms with E-state index in [1.165, 1.54) is 10.9 Å². The Balaban J connectivity index is 1.69. The molecule has 0 spiro atoms. The molecule has 0 aliphatic heterocycles. The summed E-state index contributed by atoms with van der Waals surface area (Å²) in [6.45, 7) is 0.313. The number of rotatable bonds is 3. The van der Waals surface area contributed by atoms with Gasteiger partial charge in [0, 0.05) is 18.0 Å². The number of aromatic nitrogens is 4.